The molecule has 2 aromatic heterocycles. The van der Waals surface area contributed by atoms with Crippen molar-refractivity contribution in [1.29, 1.82) is 0 Å². The highest BCUT2D eigenvalue weighted by molar-refractivity contribution is 7.30. The summed E-state index contributed by atoms with van der Waals surface area (Å²) < 4.78 is 0.964. The van der Waals surface area contributed by atoms with Crippen molar-refractivity contribution in [3.63, 3.8) is 0 Å². The number of anilines is 1. The molecular weight excluding hydrogens is 426 g/mol. The van der Waals surface area contributed by atoms with Crippen LogP contribution in [-0.2, 0) is 0 Å². The van der Waals surface area contributed by atoms with Gasteiger partial charge in [0.15, 0.2) is 0 Å². The highest BCUT2D eigenvalue weighted by Crippen LogP contribution is 2.38. The summed E-state index contributed by atoms with van der Waals surface area (Å²) in [5.41, 5.74) is 3.45. The van der Waals surface area contributed by atoms with Crippen LogP contribution in [0, 0.1) is 6.57 Å². The van der Waals surface area contributed by atoms with Crippen LogP contribution in [0.1, 0.15) is 13.8 Å². The van der Waals surface area contributed by atoms with Crippen LogP contribution in [0.15, 0.2) is 75.1 Å². The van der Waals surface area contributed by atoms with Crippen LogP contribution in [0.25, 0.3) is 14.4 Å². The summed E-state index contributed by atoms with van der Waals surface area (Å²) in [6, 6.07) is 17.3. The standard InChI is InChI=1S/C22H19N7S2/c1-4-29(5-2)18-12-10-17(11-13-18)26-25-15-6-8-16(9-7-15)27-28-22-24-21-19(30-22)14-20(23-3)31-21/h6-14H,4-5H2,1-2H3. The van der Waals surface area contributed by atoms with Gasteiger partial charge in [-0.3, -0.25) is 0 Å². The number of thiazole rings is 1. The summed E-state index contributed by atoms with van der Waals surface area (Å²) in [6.45, 7) is 13.3. The Labute approximate surface area is 188 Å². The van der Waals surface area contributed by atoms with Gasteiger partial charge in [0, 0.05) is 18.8 Å². The number of thiophene rings is 1. The largest absolute Gasteiger partial charge is 0.372 e. The van der Waals surface area contributed by atoms with Crippen molar-refractivity contribution < 1.29 is 0 Å². The minimum absolute atomic E-state index is 0.578. The molecule has 0 aliphatic heterocycles. The van der Waals surface area contributed by atoms with Gasteiger partial charge >= 0.3 is 0 Å². The molecule has 4 aromatic rings. The molecule has 0 saturated carbocycles. The number of rotatable bonds is 7. The minimum atomic E-state index is 0.578. The highest BCUT2D eigenvalue weighted by Gasteiger charge is 2.07. The predicted octanol–water partition coefficient (Wildman–Crippen LogP) is 8.59. The van der Waals surface area contributed by atoms with E-state index in [0.29, 0.717) is 15.8 Å². The molecule has 2 aromatic carbocycles. The quantitative estimate of drug-likeness (QED) is 0.211. The molecule has 0 aliphatic rings. The SMILES string of the molecule is [C-]#[N+]c1cc2sc(N=Nc3ccc(N=Nc4ccc(N(CC)CC)cc4)cc3)nc2s1. The summed E-state index contributed by atoms with van der Waals surface area (Å²) in [5.74, 6) is 0. The van der Waals surface area contributed by atoms with Gasteiger partial charge in [0.1, 0.15) is 4.83 Å². The van der Waals surface area contributed by atoms with E-state index in [1.807, 2.05) is 42.5 Å². The molecule has 154 valence electrons. The monoisotopic (exact) mass is 445 g/mol. The first-order valence-corrected chi connectivity index (χ1v) is 11.4. The summed E-state index contributed by atoms with van der Waals surface area (Å²) >= 11 is 2.79. The molecule has 7 nitrogen and oxygen atoms in total. The lowest BCUT2D eigenvalue weighted by molar-refractivity contribution is 0.866. The van der Waals surface area contributed by atoms with Gasteiger partial charge in [-0.25, -0.2) is 9.83 Å². The van der Waals surface area contributed by atoms with Gasteiger partial charge in [-0.05, 0) is 68.4 Å². The normalized spacial score (nSPS) is 11.5. The number of azo groups is 2. The van der Waals surface area contributed by atoms with Crippen LogP contribution < -0.4 is 4.90 Å². The average Bonchev–Trinajstić information content (AvgIpc) is 3.37. The molecular formula is C22H19N7S2. The Morgan fingerprint density at radius 2 is 1.39 bits per heavy atom. The molecule has 0 N–H and O–H groups in total. The third-order valence-electron chi connectivity index (χ3n) is 4.54. The first-order valence-electron chi connectivity index (χ1n) is 9.75. The van der Waals surface area contributed by atoms with Gasteiger partial charge in [-0.1, -0.05) is 11.3 Å². The lowest BCUT2D eigenvalue weighted by Gasteiger charge is -2.20. The summed E-state index contributed by atoms with van der Waals surface area (Å²) in [6.07, 6.45) is 0. The van der Waals surface area contributed by atoms with Gasteiger partial charge < -0.3 is 4.90 Å². The fraction of sp³-hybridized carbons (Fsp3) is 0.182. The number of hydrogen-bond donors (Lipinski definition) is 0. The van der Waals surface area contributed by atoms with Crippen molar-refractivity contribution in [1.82, 2.24) is 4.98 Å². The molecule has 0 saturated heterocycles. The second-order valence-electron chi connectivity index (χ2n) is 6.47. The van der Waals surface area contributed by atoms with Gasteiger partial charge in [-0.15, -0.1) is 21.6 Å². The Morgan fingerprint density at radius 3 is 1.90 bits per heavy atom. The Balaban J connectivity index is 1.39. The minimum Gasteiger partial charge on any atom is -0.372 e. The van der Waals surface area contributed by atoms with E-state index in [2.05, 4.69) is 61.2 Å². The molecule has 31 heavy (non-hydrogen) atoms. The van der Waals surface area contributed by atoms with E-state index in [0.717, 1.165) is 34.0 Å². The molecule has 0 fully saturated rings. The summed E-state index contributed by atoms with van der Waals surface area (Å²) in [5, 5.41) is 18.3. The Kier molecular flexibility index (Phi) is 6.40. The molecule has 0 aliphatic carbocycles. The van der Waals surface area contributed by atoms with E-state index in [1.165, 1.54) is 28.4 Å². The topological polar surface area (TPSA) is 69.9 Å². The Morgan fingerprint density at radius 1 is 0.839 bits per heavy atom. The molecule has 9 heteroatoms. The van der Waals surface area contributed by atoms with Gasteiger partial charge in [0.25, 0.3) is 0 Å². The maximum Gasteiger partial charge on any atom is 0.244 e. The maximum atomic E-state index is 7.05. The Hall–Kier alpha value is -3.48. The zero-order valence-corrected chi connectivity index (χ0v) is 18.7. The van der Waals surface area contributed by atoms with Gasteiger partial charge in [0.05, 0.1) is 28.3 Å². The van der Waals surface area contributed by atoms with Crippen LogP contribution in [0.5, 0.6) is 0 Å². The van der Waals surface area contributed by atoms with E-state index in [4.69, 9.17) is 6.57 Å². The summed E-state index contributed by atoms with van der Waals surface area (Å²) in [7, 11) is 0. The van der Waals surface area contributed by atoms with Crippen molar-refractivity contribution in [2.24, 2.45) is 20.5 Å². The molecule has 0 amide bonds. The van der Waals surface area contributed by atoms with Crippen molar-refractivity contribution >= 4 is 65.1 Å². The van der Waals surface area contributed by atoms with Crippen molar-refractivity contribution in [2.45, 2.75) is 13.8 Å². The third-order valence-corrected chi connectivity index (χ3v) is 6.47. The number of benzene rings is 2. The first kappa shape index (κ1) is 20.8. The van der Waals surface area contributed by atoms with Crippen LogP contribution in [-0.4, -0.2) is 18.1 Å². The molecule has 0 radical (unpaired) electrons. The van der Waals surface area contributed by atoms with Crippen LogP contribution in [0.3, 0.4) is 0 Å². The number of hydrogen-bond acceptors (Lipinski definition) is 8. The molecule has 0 unspecified atom stereocenters. The smallest absolute Gasteiger partial charge is 0.244 e. The second-order valence-corrected chi connectivity index (χ2v) is 8.49. The molecule has 2 heterocycles. The fourth-order valence-electron chi connectivity index (χ4n) is 2.93. The van der Waals surface area contributed by atoms with Gasteiger partial charge in [-0.2, -0.15) is 10.2 Å². The van der Waals surface area contributed by atoms with Crippen molar-refractivity contribution in [3.05, 3.63) is 66.0 Å². The Bertz CT molecular complexity index is 1230. The second kappa shape index (κ2) is 9.55. The number of fused-ring (bicyclic) bond motifs is 1. The highest BCUT2D eigenvalue weighted by atomic mass is 32.1. The van der Waals surface area contributed by atoms with Crippen molar-refractivity contribution in [2.75, 3.05) is 18.0 Å². The van der Waals surface area contributed by atoms with Crippen LogP contribution in [0.4, 0.5) is 32.9 Å². The molecule has 0 bridgehead atoms. The maximum absolute atomic E-state index is 7.05. The van der Waals surface area contributed by atoms with Crippen molar-refractivity contribution in [3.8, 4) is 0 Å². The lowest BCUT2D eigenvalue weighted by Crippen LogP contribution is -2.21. The van der Waals surface area contributed by atoms with Gasteiger partial charge in [0.2, 0.25) is 10.1 Å². The predicted molar refractivity (Wildman–Crippen MR) is 129 cm³/mol. The first-order chi connectivity index (χ1) is 15.2. The number of nitrogens with zero attached hydrogens (tertiary/aromatic N) is 7. The van der Waals surface area contributed by atoms with E-state index < -0.39 is 0 Å². The zero-order valence-electron chi connectivity index (χ0n) is 17.1. The van der Waals surface area contributed by atoms with Crippen LogP contribution in [0.2, 0.25) is 0 Å². The average molecular weight is 446 g/mol. The molecule has 0 spiro atoms. The molecule has 4 rings (SSSR count). The fourth-order valence-corrected chi connectivity index (χ4v) is 4.74. The lowest BCUT2D eigenvalue weighted by atomic mass is 10.2. The zero-order chi connectivity index (χ0) is 21.6. The third kappa shape index (κ3) is 4.99. The van der Waals surface area contributed by atoms with E-state index in [-0.39, 0.29) is 0 Å². The van der Waals surface area contributed by atoms with Crippen LogP contribution >= 0.6 is 22.7 Å². The molecule has 0 atom stereocenters. The van der Waals surface area contributed by atoms with E-state index >= 15 is 0 Å². The van der Waals surface area contributed by atoms with E-state index in [9.17, 15) is 0 Å². The van der Waals surface area contributed by atoms with E-state index in [1.54, 1.807) is 0 Å². The number of aromatic nitrogens is 1. The summed E-state index contributed by atoms with van der Waals surface area (Å²) in [4.78, 5) is 10.9.